The van der Waals surface area contributed by atoms with Gasteiger partial charge in [0.05, 0.1) is 23.6 Å². The van der Waals surface area contributed by atoms with Gasteiger partial charge in [0.1, 0.15) is 11.3 Å². The molecule has 0 saturated carbocycles. The van der Waals surface area contributed by atoms with Gasteiger partial charge in [-0.1, -0.05) is 51.0 Å². The lowest BCUT2D eigenvalue weighted by atomic mass is 9.98. The summed E-state index contributed by atoms with van der Waals surface area (Å²) in [5, 5.41) is 0.515. The molecule has 0 N–H and O–H groups in total. The van der Waals surface area contributed by atoms with Gasteiger partial charge in [0.2, 0.25) is 5.76 Å². The van der Waals surface area contributed by atoms with Crippen LogP contribution in [-0.4, -0.2) is 48.5 Å². The Hall–Kier alpha value is -3.12. The van der Waals surface area contributed by atoms with E-state index in [0.717, 1.165) is 49.4 Å². The Kier molecular flexibility index (Phi) is 7.37. The van der Waals surface area contributed by atoms with Crippen LogP contribution < -0.4 is 10.2 Å². The highest BCUT2D eigenvalue weighted by Gasteiger charge is 2.42. The molecule has 1 unspecified atom stereocenters. The van der Waals surface area contributed by atoms with Crippen LogP contribution in [0.15, 0.2) is 51.7 Å². The van der Waals surface area contributed by atoms with E-state index in [0.29, 0.717) is 29.7 Å². The van der Waals surface area contributed by atoms with Crippen molar-refractivity contribution in [3.63, 3.8) is 0 Å². The number of hydrogen-bond donors (Lipinski definition) is 0. The van der Waals surface area contributed by atoms with Gasteiger partial charge in [-0.25, -0.2) is 0 Å². The van der Waals surface area contributed by atoms with Gasteiger partial charge in [-0.2, -0.15) is 0 Å². The number of carbonyl (C=O) groups excluding carboxylic acids is 1. The van der Waals surface area contributed by atoms with Crippen LogP contribution in [-0.2, 0) is 0 Å². The van der Waals surface area contributed by atoms with E-state index in [-0.39, 0.29) is 17.1 Å². The van der Waals surface area contributed by atoms with Gasteiger partial charge < -0.3 is 19.0 Å². The number of aryl methyl sites for hydroxylation is 1. The van der Waals surface area contributed by atoms with Crippen molar-refractivity contribution in [2.24, 2.45) is 0 Å². The van der Waals surface area contributed by atoms with E-state index >= 15 is 0 Å². The lowest BCUT2D eigenvalue weighted by Gasteiger charge is -2.28. The largest absolute Gasteiger partial charge is 0.494 e. The number of hydrogen-bond acceptors (Lipinski definition) is 5. The summed E-state index contributed by atoms with van der Waals surface area (Å²) in [5.74, 6) is 0.724. The van der Waals surface area contributed by atoms with Crippen molar-refractivity contribution < 1.29 is 13.9 Å². The first kappa shape index (κ1) is 24.0. The summed E-state index contributed by atoms with van der Waals surface area (Å²) in [6.45, 7) is 12.0. The summed E-state index contributed by atoms with van der Waals surface area (Å²) >= 11 is 0. The minimum absolute atomic E-state index is 0.132. The molecule has 1 amide bonds. The molecule has 0 bridgehead atoms. The second-order valence-electron chi connectivity index (χ2n) is 8.87. The number of benzene rings is 2. The van der Waals surface area contributed by atoms with Crippen molar-refractivity contribution in [3.05, 3.63) is 75.1 Å². The summed E-state index contributed by atoms with van der Waals surface area (Å²) < 4.78 is 11.9. The first-order valence-electron chi connectivity index (χ1n) is 12.3. The van der Waals surface area contributed by atoms with Crippen LogP contribution in [0.4, 0.5) is 0 Å². The Balaban J connectivity index is 1.77. The second kappa shape index (κ2) is 10.4. The maximum Gasteiger partial charge on any atom is 0.290 e. The van der Waals surface area contributed by atoms with Crippen molar-refractivity contribution in [2.45, 2.75) is 46.6 Å². The van der Waals surface area contributed by atoms with Crippen molar-refractivity contribution in [3.8, 4) is 5.75 Å². The number of fused-ring (bicyclic) bond motifs is 2. The molecule has 1 aliphatic rings. The van der Waals surface area contributed by atoms with Crippen molar-refractivity contribution in [1.29, 1.82) is 0 Å². The molecule has 0 radical (unpaired) electrons. The Morgan fingerprint density at radius 1 is 1.03 bits per heavy atom. The molecule has 180 valence electrons. The van der Waals surface area contributed by atoms with Gasteiger partial charge in [-0.3, -0.25) is 9.59 Å². The zero-order valence-corrected chi connectivity index (χ0v) is 20.6. The highest BCUT2D eigenvalue weighted by Crippen LogP contribution is 2.38. The van der Waals surface area contributed by atoms with Crippen molar-refractivity contribution in [2.75, 3.05) is 32.8 Å². The Bertz CT molecular complexity index is 1210. The number of ether oxygens (including phenoxy) is 1. The van der Waals surface area contributed by atoms with Crippen LogP contribution in [0.2, 0.25) is 0 Å². The average Bonchev–Trinajstić information content (AvgIpc) is 3.13. The first-order valence-corrected chi connectivity index (χ1v) is 12.3. The molecule has 34 heavy (non-hydrogen) atoms. The second-order valence-corrected chi connectivity index (χ2v) is 8.87. The molecular weight excluding hydrogens is 428 g/mol. The van der Waals surface area contributed by atoms with Crippen molar-refractivity contribution in [1.82, 2.24) is 9.80 Å². The maximum atomic E-state index is 13.7. The Labute approximate surface area is 201 Å². The molecule has 0 saturated heterocycles. The van der Waals surface area contributed by atoms with E-state index < -0.39 is 6.04 Å². The van der Waals surface area contributed by atoms with Gasteiger partial charge in [0.25, 0.3) is 5.91 Å². The summed E-state index contributed by atoms with van der Waals surface area (Å²) in [7, 11) is 0. The van der Waals surface area contributed by atoms with Crippen LogP contribution in [0.25, 0.3) is 11.0 Å². The van der Waals surface area contributed by atoms with Crippen LogP contribution in [0.1, 0.15) is 66.9 Å². The number of unbranched alkanes of at least 4 members (excludes halogenated alkanes) is 1. The monoisotopic (exact) mass is 462 g/mol. The molecule has 1 aromatic heterocycles. The van der Waals surface area contributed by atoms with Gasteiger partial charge in [0, 0.05) is 13.1 Å². The van der Waals surface area contributed by atoms with E-state index in [4.69, 9.17) is 9.15 Å². The molecule has 2 aromatic carbocycles. The third-order valence-corrected chi connectivity index (χ3v) is 6.64. The molecule has 0 fully saturated rings. The molecule has 4 rings (SSSR count). The fourth-order valence-electron chi connectivity index (χ4n) is 4.58. The molecule has 3 aromatic rings. The Morgan fingerprint density at radius 2 is 1.76 bits per heavy atom. The fraction of sp³-hybridized carbons (Fsp3) is 0.429. The molecule has 0 spiro atoms. The maximum absolute atomic E-state index is 13.7. The Morgan fingerprint density at radius 3 is 2.44 bits per heavy atom. The number of amides is 1. The number of likely N-dealkylation sites (N-methyl/N-ethyl adjacent to an activating group) is 1. The molecular formula is C28H34N2O4. The van der Waals surface area contributed by atoms with E-state index in [1.54, 1.807) is 11.0 Å². The van der Waals surface area contributed by atoms with E-state index in [1.165, 1.54) is 0 Å². The van der Waals surface area contributed by atoms with Crippen LogP contribution >= 0.6 is 0 Å². The summed E-state index contributed by atoms with van der Waals surface area (Å²) in [4.78, 5) is 31.2. The minimum atomic E-state index is -0.482. The fourth-order valence-corrected chi connectivity index (χ4v) is 4.58. The average molecular weight is 463 g/mol. The summed E-state index contributed by atoms with van der Waals surface area (Å²) in [6.07, 6.45) is 2.07. The minimum Gasteiger partial charge on any atom is -0.494 e. The normalized spacial score (nSPS) is 15.4. The van der Waals surface area contributed by atoms with Crippen LogP contribution in [0.5, 0.6) is 5.75 Å². The molecule has 6 heteroatoms. The van der Waals surface area contributed by atoms with E-state index in [9.17, 15) is 9.59 Å². The van der Waals surface area contributed by atoms with Crippen molar-refractivity contribution >= 4 is 16.9 Å². The lowest BCUT2D eigenvalue weighted by Crippen LogP contribution is -2.37. The highest BCUT2D eigenvalue weighted by atomic mass is 16.5. The van der Waals surface area contributed by atoms with Crippen LogP contribution in [0.3, 0.4) is 0 Å². The molecule has 6 nitrogen and oxygen atoms in total. The predicted molar refractivity (Wildman–Crippen MR) is 135 cm³/mol. The van der Waals surface area contributed by atoms with Gasteiger partial charge in [0.15, 0.2) is 5.43 Å². The molecule has 1 aliphatic heterocycles. The van der Waals surface area contributed by atoms with E-state index in [1.807, 2.05) is 43.3 Å². The molecule has 0 aliphatic carbocycles. The van der Waals surface area contributed by atoms with Gasteiger partial charge in [-0.05, 0) is 56.3 Å². The highest BCUT2D eigenvalue weighted by molar-refractivity contribution is 5.99. The quantitative estimate of drug-likeness (QED) is 0.389. The number of nitrogens with zero attached hydrogens (tertiary/aromatic N) is 2. The third-order valence-electron chi connectivity index (χ3n) is 6.64. The predicted octanol–water partition coefficient (Wildman–Crippen LogP) is 5.17. The summed E-state index contributed by atoms with van der Waals surface area (Å²) in [6, 6.07) is 12.8. The van der Waals surface area contributed by atoms with Gasteiger partial charge >= 0.3 is 0 Å². The van der Waals surface area contributed by atoms with Crippen LogP contribution in [0, 0.1) is 6.92 Å². The smallest absolute Gasteiger partial charge is 0.290 e. The van der Waals surface area contributed by atoms with Gasteiger partial charge in [-0.15, -0.1) is 0 Å². The lowest BCUT2D eigenvalue weighted by molar-refractivity contribution is 0.0708. The molecule has 2 heterocycles. The third kappa shape index (κ3) is 4.60. The van der Waals surface area contributed by atoms with E-state index in [2.05, 4.69) is 25.7 Å². The summed E-state index contributed by atoms with van der Waals surface area (Å²) in [5.41, 5.74) is 2.61. The number of carbonyl (C=O) groups is 1. The number of rotatable bonds is 10. The topological polar surface area (TPSA) is 63.0 Å². The zero-order chi connectivity index (χ0) is 24.2. The molecule has 1 atom stereocenters. The SMILES string of the molecule is CCCCOc1ccc(C2c3c(oc4ccc(C)cc4c3=O)C(=O)N2CCN(CC)CC)cc1. The zero-order valence-electron chi connectivity index (χ0n) is 20.6. The first-order chi connectivity index (χ1) is 16.5. The standard InChI is InChI=1S/C28H34N2O4/c1-5-8-17-33-21-12-10-20(11-13-21)25-24-26(31)22-18-19(4)9-14-23(22)34-27(24)28(32)30(25)16-15-29(6-2)7-3/h9-14,18,25H,5-8,15-17H2,1-4H3.